The van der Waals surface area contributed by atoms with Gasteiger partial charge in [0.25, 0.3) is 5.56 Å². The Morgan fingerprint density at radius 3 is 2.84 bits per heavy atom. The summed E-state index contributed by atoms with van der Waals surface area (Å²) in [5.74, 6) is 0.366. The first kappa shape index (κ1) is 22.4. The van der Waals surface area contributed by atoms with Gasteiger partial charge in [-0.25, -0.2) is 4.98 Å². The molecule has 0 bridgehead atoms. The number of aryl methyl sites for hydroxylation is 2. The molecule has 2 fully saturated rings. The van der Waals surface area contributed by atoms with Crippen LogP contribution < -0.4 is 5.56 Å². The van der Waals surface area contributed by atoms with E-state index in [0.29, 0.717) is 31.4 Å². The summed E-state index contributed by atoms with van der Waals surface area (Å²) in [5, 5.41) is 1.45. The summed E-state index contributed by atoms with van der Waals surface area (Å²) < 4.78 is 13.3. The van der Waals surface area contributed by atoms with Crippen molar-refractivity contribution >= 4 is 39.2 Å². The molecule has 0 N–H and O–H groups in total. The number of nitrogens with zero attached hydrogens (tertiary/aromatic N) is 3. The third-order valence-electron chi connectivity index (χ3n) is 6.72. The van der Waals surface area contributed by atoms with Gasteiger partial charge in [0, 0.05) is 24.6 Å². The van der Waals surface area contributed by atoms with E-state index < -0.39 is 0 Å². The molecule has 0 saturated carbocycles. The van der Waals surface area contributed by atoms with E-state index in [1.54, 1.807) is 15.9 Å². The predicted molar refractivity (Wildman–Crippen MR) is 127 cm³/mol. The van der Waals surface area contributed by atoms with Crippen molar-refractivity contribution in [2.45, 2.75) is 75.8 Å². The van der Waals surface area contributed by atoms with Gasteiger partial charge in [-0.15, -0.1) is 11.3 Å². The number of thiophene rings is 1. The van der Waals surface area contributed by atoms with Crippen molar-refractivity contribution in [1.82, 2.24) is 14.5 Å². The number of aromatic nitrogens is 2. The molecular formula is C23H31N3O4S2. The van der Waals surface area contributed by atoms with Crippen LogP contribution in [0.15, 0.2) is 9.95 Å². The number of ether oxygens (including phenoxy) is 2. The Morgan fingerprint density at radius 1 is 1.19 bits per heavy atom. The largest absolute Gasteiger partial charge is 0.376 e. The molecule has 32 heavy (non-hydrogen) atoms. The van der Waals surface area contributed by atoms with Crippen LogP contribution in [-0.4, -0.2) is 64.6 Å². The van der Waals surface area contributed by atoms with Gasteiger partial charge in [0.15, 0.2) is 5.16 Å². The van der Waals surface area contributed by atoms with Crippen molar-refractivity contribution in [3.8, 4) is 0 Å². The van der Waals surface area contributed by atoms with Gasteiger partial charge >= 0.3 is 0 Å². The van der Waals surface area contributed by atoms with Gasteiger partial charge in [0.1, 0.15) is 4.83 Å². The van der Waals surface area contributed by atoms with Gasteiger partial charge < -0.3 is 14.4 Å². The maximum absolute atomic E-state index is 13.6. The first-order chi connectivity index (χ1) is 15.6. The average molecular weight is 478 g/mol. The van der Waals surface area contributed by atoms with Gasteiger partial charge in [-0.1, -0.05) is 18.7 Å². The number of morpholine rings is 1. The van der Waals surface area contributed by atoms with E-state index in [1.165, 1.54) is 28.6 Å². The first-order valence-corrected chi connectivity index (χ1v) is 13.6. The molecule has 3 aliphatic rings. The Morgan fingerprint density at radius 2 is 2.03 bits per heavy atom. The lowest BCUT2D eigenvalue weighted by Gasteiger charge is -2.32. The summed E-state index contributed by atoms with van der Waals surface area (Å²) in [6.45, 7) is 5.20. The average Bonchev–Trinajstić information content (AvgIpc) is 3.47. The number of hydrogen-bond acceptors (Lipinski definition) is 7. The van der Waals surface area contributed by atoms with Gasteiger partial charge in [-0.3, -0.25) is 14.2 Å². The summed E-state index contributed by atoms with van der Waals surface area (Å²) >= 11 is 3.05. The van der Waals surface area contributed by atoms with Gasteiger partial charge in [0.05, 0.1) is 36.5 Å². The van der Waals surface area contributed by atoms with Gasteiger partial charge in [-0.05, 0) is 50.5 Å². The predicted octanol–water partition coefficient (Wildman–Crippen LogP) is 3.25. The monoisotopic (exact) mass is 477 g/mol. The molecule has 0 spiro atoms. The van der Waals surface area contributed by atoms with E-state index in [0.717, 1.165) is 55.3 Å². The van der Waals surface area contributed by atoms with E-state index >= 15 is 0 Å². The third-order valence-corrected chi connectivity index (χ3v) is 8.87. The first-order valence-electron chi connectivity index (χ1n) is 11.8. The zero-order valence-electron chi connectivity index (χ0n) is 18.6. The highest BCUT2D eigenvalue weighted by Crippen LogP contribution is 2.35. The van der Waals surface area contributed by atoms with Crippen LogP contribution in [0.1, 0.15) is 49.5 Å². The number of rotatable bonds is 6. The summed E-state index contributed by atoms with van der Waals surface area (Å²) in [4.78, 5) is 35.5. The minimum atomic E-state index is 0.0391. The zero-order valence-corrected chi connectivity index (χ0v) is 20.3. The third kappa shape index (κ3) is 4.49. The molecule has 2 atom stereocenters. The fraction of sp³-hybridized carbons (Fsp3) is 0.696. The van der Waals surface area contributed by atoms with Crippen LogP contribution in [0.5, 0.6) is 0 Å². The number of carbonyl (C=O) groups excluding carboxylic acids is 1. The van der Waals surface area contributed by atoms with Crippen LogP contribution in [0.25, 0.3) is 10.2 Å². The zero-order chi connectivity index (χ0) is 22.1. The number of amides is 1. The molecule has 2 aromatic rings. The highest BCUT2D eigenvalue weighted by molar-refractivity contribution is 7.99. The molecule has 2 saturated heterocycles. The lowest BCUT2D eigenvalue weighted by atomic mass is 9.97. The molecule has 9 heteroatoms. The lowest BCUT2D eigenvalue weighted by Crippen LogP contribution is -2.46. The lowest BCUT2D eigenvalue weighted by molar-refractivity contribution is -0.135. The SMILES string of the molecule is CCC1CN(C(=O)CSc2nc3sc4c(c3c(=O)n2CC2CCCO2)CCCC4)CCO1. The fourth-order valence-electron chi connectivity index (χ4n) is 4.89. The molecule has 2 aliphatic heterocycles. The van der Waals surface area contributed by atoms with Crippen molar-refractivity contribution < 1.29 is 14.3 Å². The Kier molecular flexibility index (Phi) is 6.87. The summed E-state index contributed by atoms with van der Waals surface area (Å²) in [6, 6.07) is 0. The molecule has 2 unspecified atom stereocenters. The van der Waals surface area contributed by atoms with E-state index in [1.807, 2.05) is 4.90 Å². The molecule has 7 nitrogen and oxygen atoms in total. The van der Waals surface area contributed by atoms with Crippen molar-refractivity contribution in [3.63, 3.8) is 0 Å². The van der Waals surface area contributed by atoms with Crippen LogP contribution in [0.2, 0.25) is 0 Å². The summed E-state index contributed by atoms with van der Waals surface area (Å²) in [5.41, 5.74) is 1.25. The minimum absolute atomic E-state index is 0.0391. The molecule has 5 rings (SSSR count). The van der Waals surface area contributed by atoms with Crippen LogP contribution in [0.4, 0.5) is 0 Å². The molecular weight excluding hydrogens is 446 g/mol. The minimum Gasteiger partial charge on any atom is -0.376 e. The second-order valence-corrected chi connectivity index (χ2v) is 10.9. The molecule has 1 aliphatic carbocycles. The van der Waals surface area contributed by atoms with Crippen LogP contribution in [0.3, 0.4) is 0 Å². The van der Waals surface area contributed by atoms with Crippen molar-refractivity contribution in [2.75, 3.05) is 32.1 Å². The number of hydrogen-bond donors (Lipinski definition) is 0. The van der Waals surface area contributed by atoms with Gasteiger partial charge in [0.2, 0.25) is 5.91 Å². The molecule has 0 aromatic carbocycles. The highest BCUT2D eigenvalue weighted by atomic mass is 32.2. The second-order valence-electron chi connectivity index (χ2n) is 8.87. The number of fused-ring (bicyclic) bond motifs is 3. The van der Waals surface area contributed by atoms with Crippen molar-refractivity contribution in [3.05, 3.63) is 20.8 Å². The van der Waals surface area contributed by atoms with Gasteiger partial charge in [-0.2, -0.15) is 0 Å². The standard InChI is InChI=1S/C23H31N3O4S2/c1-2-15-12-25(9-11-30-15)19(27)14-31-23-24-21-20(17-7-3-4-8-18(17)32-21)22(28)26(23)13-16-6-5-10-29-16/h15-16H,2-14H2,1H3. The number of carbonyl (C=O) groups is 1. The van der Waals surface area contributed by atoms with E-state index in [-0.39, 0.29) is 29.4 Å². The van der Waals surface area contributed by atoms with Crippen molar-refractivity contribution in [2.24, 2.45) is 0 Å². The Balaban J connectivity index is 1.42. The smallest absolute Gasteiger partial charge is 0.263 e. The Bertz CT molecular complexity index is 1040. The number of thioether (sulfide) groups is 1. The van der Waals surface area contributed by atoms with E-state index in [2.05, 4.69) is 6.92 Å². The van der Waals surface area contributed by atoms with E-state index in [4.69, 9.17) is 14.5 Å². The molecule has 174 valence electrons. The molecule has 1 amide bonds. The summed E-state index contributed by atoms with van der Waals surface area (Å²) in [6.07, 6.45) is 7.36. The maximum Gasteiger partial charge on any atom is 0.263 e. The van der Waals surface area contributed by atoms with Crippen LogP contribution in [-0.2, 0) is 33.7 Å². The summed E-state index contributed by atoms with van der Waals surface area (Å²) in [7, 11) is 0. The second kappa shape index (κ2) is 9.83. The molecule has 0 radical (unpaired) electrons. The normalized spacial score (nSPS) is 23.6. The van der Waals surface area contributed by atoms with Crippen LogP contribution in [0, 0.1) is 0 Å². The van der Waals surface area contributed by atoms with E-state index in [9.17, 15) is 9.59 Å². The topological polar surface area (TPSA) is 73.7 Å². The Hall–Kier alpha value is -1.42. The highest BCUT2D eigenvalue weighted by Gasteiger charge is 2.27. The Labute approximate surface area is 196 Å². The van der Waals surface area contributed by atoms with Crippen molar-refractivity contribution in [1.29, 1.82) is 0 Å². The van der Waals surface area contributed by atoms with Crippen LogP contribution >= 0.6 is 23.1 Å². The molecule has 2 aromatic heterocycles. The fourth-order valence-corrected chi connectivity index (χ4v) is 7.11. The maximum atomic E-state index is 13.6. The molecule has 4 heterocycles. The quantitative estimate of drug-likeness (QED) is 0.470.